The van der Waals surface area contributed by atoms with Gasteiger partial charge in [0.15, 0.2) is 0 Å². The number of hydrogen-bond donors (Lipinski definition) is 3. The first kappa shape index (κ1) is 81.6. The van der Waals surface area contributed by atoms with Crippen LogP contribution >= 0.6 is 0 Å². The predicted molar refractivity (Wildman–Crippen MR) is 365 cm³/mol. The zero-order valence-electron chi connectivity index (χ0n) is 61.6. The van der Waals surface area contributed by atoms with E-state index in [1.807, 2.05) is 13.8 Å². The molecule has 7 rings (SSSR count). The molecule has 24 nitrogen and oxygen atoms in total. The van der Waals surface area contributed by atoms with Gasteiger partial charge in [-0.3, -0.25) is 57.5 Å². The quantitative estimate of drug-likeness (QED) is 0.208. The summed E-state index contributed by atoms with van der Waals surface area (Å²) in [5.74, 6) is -12.5. The molecule has 12 amide bonds. The summed E-state index contributed by atoms with van der Waals surface area (Å²) in [6, 6.07) is -8.96. The molecule has 0 radical (unpaired) electrons. The van der Waals surface area contributed by atoms with E-state index in [4.69, 9.17) is 0 Å². The van der Waals surface area contributed by atoms with Crippen molar-refractivity contribution >= 4 is 70.9 Å². The van der Waals surface area contributed by atoms with Crippen LogP contribution in [0.15, 0.2) is 0 Å². The summed E-state index contributed by atoms with van der Waals surface area (Å²) >= 11 is 0. The Morgan fingerprint density at radius 1 is 0.574 bits per heavy atom. The highest BCUT2D eigenvalue weighted by molar-refractivity contribution is 6.00. The Kier molecular flexibility index (Phi) is 29.2. The van der Waals surface area contributed by atoms with E-state index in [1.54, 1.807) is 11.8 Å². The van der Waals surface area contributed by atoms with Gasteiger partial charge in [-0.1, -0.05) is 98.3 Å². The highest BCUT2D eigenvalue weighted by Crippen LogP contribution is 2.45. The number of alkyl halides is 5. The summed E-state index contributed by atoms with van der Waals surface area (Å²) in [4.78, 5) is 190. The molecule has 10 atom stereocenters. The Hall–Kier alpha value is -6.71. The second kappa shape index (κ2) is 36.1. The van der Waals surface area contributed by atoms with Crippen molar-refractivity contribution in [2.75, 3.05) is 88.6 Å². The van der Waals surface area contributed by atoms with Crippen molar-refractivity contribution in [2.24, 2.45) is 35.5 Å². The Bertz CT molecular complexity index is 2930. The summed E-state index contributed by atoms with van der Waals surface area (Å²) < 4.78 is 72.3. The summed E-state index contributed by atoms with van der Waals surface area (Å²) in [6.07, 6.45) is -2.13. The number of nitrogens with one attached hydrogen (secondary N) is 3. The lowest BCUT2D eigenvalue weighted by Crippen LogP contribution is -2.65. The molecule has 7 fully saturated rings. The number of rotatable bonds is 11. The van der Waals surface area contributed by atoms with Gasteiger partial charge in [0.05, 0.1) is 26.1 Å². The zero-order valence-corrected chi connectivity index (χ0v) is 61.6. The van der Waals surface area contributed by atoms with E-state index in [0.717, 1.165) is 59.6 Å². The largest absolute Gasteiger partial charge is 0.397 e. The topological polar surface area (TPSA) is 270 Å². The van der Waals surface area contributed by atoms with E-state index in [2.05, 4.69) is 22.9 Å². The molecule has 3 aliphatic heterocycles. The van der Waals surface area contributed by atoms with Crippen LogP contribution in [0.1, 0.15) is 195 Å². The lowest BCUT2D eigenvalue weighted by Gasteiger charge is -2.43. The maximum atomic E-state index is 15.7. The van der Waals surface area contributed by atoms with Gasteiger partial charge in [-0.2, -0.15) is 13.2 Å². The first-order valence-electron chi connectivity index (χ1n) is 37.3. The first-order valence-corrected chi connectivity index (χ1v) is 37.3. The molecule has 0 bridgehead atoms. The monoisotopic (exact) mass is 1430 g/mol. The highest BCUT2D eigenvalue weighted by atomic mass is 19.4. The molecular weight excluding hydrogens is 1320 g/mol. The Balaban J connectivity index is 1.27. The smallest absolute Gasteiger partial charge is 0.343 e. The van der Waals surface area contributed by atoms with E-state index in [9.17, 15) is 51.5 Å². The minimum Gasteiger partial charge on any atom is -0.343 e. The maximum Gasteiger partial charge on any atom is 0.397 e. The van der Waals surface area contributed by atoms with Crippen LogP contribution in [0.2, 0.25) is 0 Å². The third-order valence-electron chi connectivity index (χ3n) is 23.5. The van der Waals surface area contributed by atoms with Crippen LogP contribution in [-0.2, 0) is 57.5 Å². The minimum absolute atomic E-state index is 0.0265. The molecule has 29 heteroatoms. The van der Waals surface area contributed by atoms with Crippen molar-refractivity contribution in [2.45, 2.75) is 261 Å². The van der Waals surface area contributed by atoms with E-state index < -0.39 is 200 Å². The summed E-state index contributed by atoms with van der Waals surface area (Å²) in [6.45, 7) is 6.43. The third-order valence-corrected chi connectivity index (χ3v) is 23.5. The Morgan fingerprint density at radius 2 is 1.17 bits per heavy atom. The second-order valence-electron chi connectivity index (χ2n) is 30.8. The van der Waals surface area contributed by atoms with E-state index >= 15 is 28.0 Å². The molecule has 3 saturated heterocycles. The Labute approximate surface area is 593 Å². The lowest BCUT2D eigenvalue weighted by atomic mass is 9.76. The zero-order chi connectivity index (χ0) is 74.5. The van der Waals surface area contributed by atoms with E-state index in [1.165, 1.54) is 73.8 Å². The van der Waals surface area contributed by atoms with Crippen LogP contribution in [0, 0.1) is 35.5 Å². The maximum absolute atomic E-state index is 15.7. The number of likely N-dealkylation sites (N-methyl/N-ethyl adjacent to an activating group) is 7. The van der Waals surface area contributed by atoms with Gasteiger partial charge in [0.1, 0.15) is 66.1 Å². The van der Waals surface area contributed by atoms with Gasteiger partial charge in [0.25, 0.3) is 0 Å². The molecule has 0 aromatic heterocycles. The molecule has 0 aromatic rings. The summed E-state index contributed by atoms with van der Waals surface area (Å²) in [7, 11) is 9.84. The van der Waals surface area contributed by atoms with Crippen molar-refractivity contribution in [3.63, 3.8) is 0 Å². The fourth-order valence-electron chi connectivity index (χ4n) is 16.7. The number of carbonyl (C=O) groups is 12. The molecule has 7 aliphatic rings. The molecule has 4 saturated carbocycles. The first-order chi connectivity index (χ1) is 47.6. The average molecular weight is 1440 g/mol. The van der Waals surface area contributed by atoms with Crippen molar-refractivity contribution in [1.82, 2.24) is 60.0 Å². The number of nitrogens with zero attached hydrogens (tertiary/aromatic N) is 9. The molecular formula is C72H115F5N12O12. The number of hydrogen-bond acceptors (Lipinski definition) is 12. The molecule has 101 heavy (non-hydrogen) atoms. The number of carbonyl (C=O) groups excluding carboxylic acids is 12. The standard InChI is InChI=1S/C72H115F5N12O12/c1-12-22-52-63(94)79-61(45(4)13-2)68(99)83(7)42-58(92)81(5)43-59(93)85(9)54(39-46-28-26-44(3)27-29-46)66(97)82(6)41-56(90)78-51(31-30-47-37-49(73)60(50(74)38-47)72(75,76)77)65(96)89-36-21-25-53(89)64(95)80-71(32-17-18-33-71)70(101)87(11)62(48-23-15-14-16-24-48)69(100)86(10)55(40-57(91)84(52)8)67(98)88-34-19-20-35-88/h44-55,60-62H,12-43H2,1-11H3,(H,78,90)(H,79,94)(H,80,95)/t44?,45-,46?,47?,49?,50?,51-,52-,53-,54-,55-,60?,61-,62-/m0/s1. The molecule has 570 valence electrons. The van der Waals surface area contributed by atoms with Crippen LogP contribution < -0.4 is 16.0 Å². The van der Waals surface area contributed by atoms with Crippen LogP contribution in [0.5, 0.6) is 0 Å². The average Bonchev–Trinajstić information content (AvgIpc) is 1.76. The molecule has 0 aromatic carbocycles. The molecule has 4 aliphatic carbocycles. The van der Waals surface area contributed by atoms with Gasteiger partial charge in [0.2, 0.25) is 70.9 Å². The van der Waals surface area contributed by atoms with Gasteiger partial charge in [-0.25, -0.2) is 8.78 Å². The number of fused-ring (bicyclic) bond motifs is 1. The van der Waals surface area contributed by atoms with Crippen LogP contribution in [0.4, 0.5) is 22.0 Å². The molecule has 1 spiro atoms. The van der Waals surface area contributed by atoms with Gasteiger partial charge < -0.3 is 60.0 Å². The lowest BCUT2D eigenvalue weighted by molar-refractivity contribution is -0.219. The highest BCUT2D eigenvalue weighted by Gasteiger charge is 2.55. The fourth-order valence-corrected chi connectivity index (χ4v) is 16.7. The Morgan fingerprint density at radius 3 is 1.76 bits per heavy atom. The number of likely N-dealkylation sites (tertiary alicyclic amines) is 1. The van der Waals surface area contributed by atoms with E-state index in [0.29, 0.717) is 70.4 Å². The normalized spacial score (nSPS) is 31.8. The summed E-state index contributed by atoms with van der Waals surface area (Å²) in [5.41, 5.74) is -1.61. The molecule has 3 heterocycles. The van der Waals surface area contributed by atoms with Crippen LogP contribution in [0.3, 0.4) is 0 Å². The SMILES string of the molecule is CCC[C@H]1C(=O)N[C@@H]([C@@H](C)CC)C(=O)N(C)CC(=O)N(C)CC(=O)N(C)[C@@H](CC2CCC(C)CC2)C(=O)N(C)CC(=O)N[C@@H](CCC2CC(F)C(C(F)(F)F)C(F)C2)C(=O)N2CCC[C@H]2C(=O)NC2(CCCC2)C(=O)N(C)[C@@H](C2CCCCC2)C(=O)N(C)[C@H](C(=O)N2CCCC2)CC(=O)N1C. The van der Waals surface area contributed by atoms with Gasteiger partial charge in [-0.05, 0) is 119 Å². The van der Waals surface area contributed by atoms with E-state index in [-0.39, 0.29) is 63.8 Å². The van der Waals surface area contributed by atoms with Gasteiger partial charge >= 0.3 is 6.18 Å². The predicted octanol–water partition coefficient (Wildman–Crippen LogP) is 5.77. The third kappa shape index (κ3) is 20.2. The van der Waals surface area contributed by atoms with Crippen molar-refractivity contribution in [1.29, 1.82) is 0 Å². The van der Waals surface area contributed by atoms with Gasteiger partial charge in [0, 0.05) is 69.0 Å². The second-order valence-corrected chi connectivity index (χ2v) is 30.8. The van der Waals surface area contributed by atoms with Gasteiger partial charge in [-0.15, -0.1) is 0 Å². The van der Waals surface area contributed by atoms with Crippen molar-refractivity contribution in [3.8, 4) is 0 Å². The summed E-state index contributed by atoms with van der Waals surface area (Å²) in [5, 5.41) is 8.61. The van der Waals surface area contributed by atoms with Crippen LogP contribution in [0.25, 0.3) is 0 Å². The van der Waals surface area contributed by atoms with Crippen molar-refractivity contribution in [3.05, 3.63) is 0 Å². The fraction of sp³-hybridized carbons (Fsp3) is 0.833. The molecule has 3 N–H and O–H groups in total. The molecule has 2 unspecified atom stereocenters. The van der Waals surface area contributed by atoms with Crippen molar-refractivity contribution < 1.29 is 79.5 Å². The number of halogens is 5. The minimum atomic E-state index is -5.15. The number of amides is 12. The van der Waals surface area contributed by atoms with Crippen LogP contribution in [-0.4, -0.2) is 270 Å².